The van der Waals surface area contributed by atoms with Crippen LogP contribution in [0.25, 0.3) is 28.9 Å². The molecule has 2 heterocycles. The van der Waals surface area contributed by atoms with Crippen molar-refractivity contribution in [2.24, 2.45) is 0 Å². The Balaban J connectivity index is 0.000000327. The summed E-state index contributed by atoms with van der Waals surface area (Å²) in [4.78, 5) is 16.0. The van der Waals surface area contributed by atoms with E-state index in [2.05, 4.69) is 65.6 Å². The highest BCUT2D eigenvalue weighted by Gasteiger charge is 2.27. The van der Waals surface area contributed by atoms with Crippen LogP contribution in [0.15, 0.2) is 55.1 Å². The number of likely N-dealkylation sites (N-methyl/N-ethyl adjacent to an activating group) is 1. The maximum atomic E-state index is 12.7. The minimum atomic E-state index is -0.0811. The van der Waals surface area contributed by atoms with Gasteiger partial charge in [0.15, 0.2) is 0 Å². The first-order chi connectivity index (χ1) is 17.0. The zero-order chi connectivity index (χ0) is 25.2. The van der Waals surface area contributed by atoms with Gasteiger partial charge in [0.1, 0.15) is 0 Å². The molecule has 1 aromatic heterocycles. The van der Waals surface area contributed by atoms with Crippen LogP contribution in [0.2, 0.25) is 0 Å². The first-order valence-corrected chi connectivity index (χ1v) is 12.4. The van der Waals surface area contributed by atoms with E-state index in [1.165, 1.54) is 18.4 Å². The van der Waals surface area contributed by atoms with Crippen LogP contribution in [0.5, 0.6) is 0 Å². The predicted octanol–water partition coefficient (Wildman–Crippen LogP) is 6.03. The molecular weight excluding hydrogens is 432 g/mol. The van der Waals surface area contributed by atoms with Crippen molar-refractivity contribution in [3.63, 3.8) is 0 Å². The standard InChI is InChI=1S/C23H20N2O.C7H18N2/c1-4-16-12-15(3)24-21(16)13-19-22-18(17-8-5-7-14(2)11-17)9-6-10-20(22)25-23(19)26;1-3-4-5-9-7-6-8-2/h4-13,24H,1H2,2-3H3,(H,25,26);8-9H,3-7H2,1-2H3/b19-13-;. The van der Waals surface area contributed by atoms with Crippen LogP contribution in [0.4, 0.5) is 5.69 Å². The number of benzene rings is 2. The summed E-state index contributed by atoms with van der Waals surface area (Å²) in [6.45, 7) is 13.5. The Morgan fingerprint density at radius 3 is 2.54 bits per heavy atom. The zero-order valence-corrected chi connectivity index (χ0v) is 21.4. The predicted molar refractivity (Wildman–Crippen MR) is 150 cm³/mol. The van der Waals surface area contributed by atoms with Crippen molar-refractivity contribution >= 4 is 29.3 Å². The molecule has 4 rings (SSSR count). The largest absolute Gasteiger partial charge is 0.359 e. The minimum Gasteiger partial charge on any atom is -0.359 e. The van der Waals surface area contributed by atoms with Gasteiger partial charge in [0.05, 0.1) is 5.57 Å². The quantitative estimate of drug-likeness (QED) is 0.228. The van der Waals surface area contributed by atoms with Gasteiger partial charge in [0.2, 0.25) is 0 Å². The third-order valence-corrected chi connectivity index (χ3v) is 5.94. The van der Waals surface area contributed by atoms with E-state index >= 15 is 0 Å². The highest BCUT2D eigenvalue weighted by molar-refractivity contribution is 6.36. The zero-order valence-electron chi connectivity index (χ0n) is 21.4. The lowest BCUT2D eigenvalue weighted by Gasteiger charge is -2.09. The Bertz CT molecular complexity index is 1180. The van der Waals surface area contributed by atoms with Crippen LogP contribution < -0.4 is 16.0 Å². The van der Waals surface area contributed by atoms with Crippen molar-refractivity contribution in [2.45, 2.75) is 33.6 Å². The Kier molecular flexibility index (Phi) is 9.65. The fourth-order valence-electron chi connectivity index (χ4n) is 4.15. The van der Waals surface area contributed by atoms with E-state index in [4.69, 9.17) is 0 Å². The molecule has 35 heavy (non-hydrogen) atoms. The van der Waals surface area contributed by atoms with E-state index in [-0.39, 0.29) is 5.91 Å². The molecule has 1 amide bonds. The van der Waals surface area contributed by atoms with Crippen molar-refractivity contribution in [2.75, 3.05) is 32.0 Å². The summed E-state index contributed by atoms with van der Waals surface area (Å²) in [6.07, 6.45) is 6.30. The smallest absolute Gasteiger partial charge is 0.256 e. The van der Waals surface area contributed by atoms with Crippen LogP contribution >= 0.6 is 0 Å². The number of H-pyrrole nitrogens is 1. The normalized spacial score (nSPS) is 13.3. The molecule has 0 fully saturated rings. The number of aromatic nitrogens is 1. The molecule has 0 bridgehead atoms. The number of rotatable bonds is 9. The number of hydrogen-bond donors (Lipinski definition) is 4. The average molecular weight is 471 g/mol. The van der Waals surface area contributed by atoms with Crippen LogP contribution in [-0.2, 0) is 4.79 Å². The van der Waals surface area contributed by atoms with E-state index in [1.807, 2.05) is 44.3 Å². The van der Waals surface area contributed by atoms with Gasteiger partial charge in [-0.1, -0.05) is 68.0 Å². The number of amides is 1. The summed E-state index contributed by atoms with van der Waals surface area (Å²) in [5.41, 5.74) is 8.75. The summed E-state index contributed by atoms with van der Waals surface area (Å²) >= 11 is 0. The number of aromatic amines is 1. The van der Waals surface area contributed by atoms with Crippen LogP contribution in [0, 0.1) is 13.8 Å². The molecule has 1 aliphatic heterocycles. The van der Waals surface area contributed by atoms with Crippen molar-refractivity contribution in [1.29, 1.82) is 0 Å². The maximum Gasteiger partial charge on any atom is 0.256 e. The van der Waals surface area contributed by atoms with Crippen LogP contribution in [0.1, 0.15) is 47.8 Å². The van der Waals surface area contributed by atoms with E-state index in [0.717, 1.165) is 59.0 Å². The third-order valence-electron chi connectivity index (χ3n) is 5.94. The lowest BCUT2D eigenvalue weighted by atomic mass is 9.93. The maximum absolute atomic E-state index is 12.7. The van der Waals surface area contributed by atoms with Gasteiger partial charge in [0, 0.05) is 35.7 Å². The molecule has 1 aliphatic rings. The SMILES string of the molecule is C=Cc1cc(C)[nH]c1/C=C1\C(=O)Nc2cccc(-c3cccc(C)c3)c21.CCCCNCCNC. The van der Waals surface area contributed by atoms with Gasteiger partial charge in [-0.2, -0.15) is 0 Å². The molecule has 0 aliphatic carbocycles. The van der Waals surface area contributed by atoms with Crippen molar-refractivity contribution in [1.82, 2.24) is 15.6 Å². The molecule has 0 saturated carbocycles. The molecule has 5 heteroatoms. The molecule has 3 aromatic rings. The third kappa shape index (κ3) is 6.81. The number of anilines is 1. The first kappa shape index (κ1) is 26.2. The number of carbonyl (C=O) groups is 1. The number of unbranched alkanes of at least 4 members (excludes halogenated alkanes) is 1. The highest BCUT2D eigenvalue weighted by Crippen LogP contribution is 2.40. The molecule has 0 spiro atoms. The molecule has 184 valence electrons. The molecule has 0 unspecified atom stereocenters. The first-order valence-electron chi connectivity index (χ1n) is 12.4. The summed E-state index contributed by atoms with van der Waals surface area (Å²) < 4.78 is 0. The Morgan fingerprint density at radius 2 is 1.83 bits per heavy atom. The molecular formula is C30H38N4O. The fourth-order valence-corrected chi connectivity index (χ4v) is 4.15. The van der Waals surface area contributed by atoms with Gasteiger partial charge in [-0.3, -0.25) is 4.79 Å². The number of fused-ring (bicyclic) bond motifs is 1. The summed E-state index contributed by atoms with van der Waals surface area (Å²) in [7, 11) is 1.97. The van der Waals surface area contributed by atoms with Gasteiger partial charge in [-0.25, -0.2) is 0 Å². The molecule has 0 radical (unpaired) electrons. The summed E-state index contributed by atoms with van der Waals surface area (Å²) in [5.74, 6) is -0.0811. The number of carbonyl (C=O) groups excluding carboxylic acids is 1. The van der Waals surface area contributed by atoms with E-state index < -0.39 is 0 Å². The van der Waals surface area contributed by atoms with E-state index in [9.17, 15) is 4.79 Å². The van der Waals surface area contributed by atoms with Crippen molar-refractivity contribution in [3.05, 3.63) is 83.2 Å². The molecule has 0 saturated heterocycles. The number of nitrogens with one attached hydrogen (secondary N) is 4. The molecule has 2 aromatic carbocycles. The topological polar surface area (TPSA) is 69.0 Å². The lowest BCUT2D eigenvalue weighted by molar-refractivity contribution is -0.110. The highest BCUT2D eigenvalue weighted by atomic mass is 16.2. The lowest BCUT2D eigenvalue weighted by Crippen LogP contribution is -2.25. The van der Waals surface area contributed by atoms with Gasteiger partial charge in [-0.05, 0) is 68.8 Å². The minimum absolute atomic E-state index is 0.0811. The van der Waals surface area contributed by atoms with Gasteiger partial charge < -0.3 is 20.9 Å². The molecule has 5 nitrogen and oxygen atoms in total. The van der Waals surface area contributed by atoms with Gasteiger partial charge >= 0.3 is 0 Å². The number of hydrogen-bond acceptors (Lipinski definition) is 3. The number of aryl methyl sites for hydroxylation is 2. The molecule has 0 atom stereocenters. The van der Waals surface area contributed by atoms with Crippen molar-refractivity contribution < 1.29 is 4.79 Å². The Labute approximate surface area is 209 Å². The second-order valence-corrected chi connectivity index (χ2v) is 8.84. The van der Waals surface area contributed by atoms with Gasteiger partial charge in [-0.15, -0.1) is 0 Å². The molecule has 4 N–H and O–H groups in total. The fraction of sp³-hybridized carbons (Fsp3) is 0.300. The average Bonchev–Trinajstić information content (AvgIpc) is 3.37. The summed E-state index contributed by atoms with van der Waals surface area (Å²) in [5, 5.41) is 9.40. The van der Waals surface area contributed by atoms with E-state index in [1.54, 1.807) is 6.08 Å². The Hall–Kier alpha value is -3.41. The van der Waals surface area contributed by atoms with E-state index in [0.29, 0.717) is 5.57 Å². The van der Waals surface area contributed by atoms with Crippen molar-refractivity contribution in [3.8, 4) is 11.1 Å². The second-order valence-electron chi connectivity index (χ2n) is 8.84. The van der Waals surface area contributed by atoms with Crippen LogP contribution in [0.3, 0.4) is 0 Å². The monoisotopic (exact) mass is 470 g/mol. The summed E-state index contributed by atoms with van der Waals surface area (Å²) in [6, 6.07) is 16.4. The van der Waals surface area contributed by atoms with Gasteiger partial charge in [0.25, 0.3) is 5.91 Å². The van der Waals surface area contributed by atoms with Crippen LogP contribution in [-0.4, -0.2) is 37.6 Å². The Morgan fingerprint density at radius 1 is 1.03 bits per heavy atom. The second kappa shape index (κ2) is 12.9.